The highest BCUT2D eigenvalue weighted by molar-refractivity contribution is 8.00. The van der Waals surface area contributed by atoms with Gasteiger partial charge in [0, 0.05) is 19.5 Å². The summed E-state index contributed by atoms with van der Waals surface area (Å²) in [4.78, 5) is 14.6. The van der Waals surface area contributed by atoms with Crippen LogP contribution in [-0.2, 0) is 11.2 Å². The van der Waals surface area contributed by atoms with Gasteiger partial charge < -0.3 is 10.7 Å². The molecule has 0 spiro atoms. The largest absolute Gasteiger partial charge is 0.342 e. The summed E-state index contributed by atoms with van der Waals surface area (Å²) in [5, 5.41) is 8.49. The van der Waals surface area contributed by atoms with E-state index in [0.29, 0.717) is 17.4 Å². The third kappa shape index (κ3) is 4.55. The van der Waals surface area contributed by atoms with Crippen molar-refractivity contribution in [2.45, 2.75) is 49.4 Å². The lowest BCUT2D eigenvalue weighted by Gasteiger charge is -2.23. The molecule has 1 aliphatic heterocycles. The minimum absolute atomic E-state index is 0.125. The molecule has 1 amide bonds. The van der Waals surface area contributed by atoms with Crippen molar-refractivity contribution >= 4 is 17.7 Å². The molecule has 6 nitrogen and oxygen atoms in total. The number of amides is 1. The smallest absolute Gasteiger partial charge is 0.235 e. The first-order valence-corrected chi connectivity index (χ1v) is 9.82. The Balaban J connectivity index is 1.63. The lowest BCUT2D eigenvalue weighted by molar-refractivity contribution is -0.130. The van der Waals surface area contributed by atoms with Crippen LogP contribution in [0.1, 0.15) is 44.0 Å². The fraction of sp³-hybridized carbons (Fsp3) is 0.500. The molecule has 1 aromatic carbocycles. The monoisotopic (exact) mass is 377 g/mol. The molecule has 3 rings (SSSR count). The minimum Gasteiger partial charge on any atom is -0.342 e. The predicted octanol–water partition coefficient (Wildman–Crippen LogP) is 2.61. The fourth-order valence-corrected chi connectivity index (χ4v) is 3.92. The highest BCUT2D eigenvalue weighted by Gasteiger charge is 2.24. The van der Waals surface area contributed by atoms with Crippen molar-refractivity contribution in [2.24, 2.45) is 0 Å². The van der Waals surface area contributed by atoms with Gasteiger partial charge in [-0.25, -0.2) is 9.07 Å². The van der Waals surface area contributed by atoms with Gasteiger partial charge >= 0.3 is 0 Å². The molecule has 1 aromatic heterocycles. The van der Waals surface area contributed by atoms with Crippen LogP contribution in [-0.4, -0.2) is 44.0 Å². The van der Waals surface area contributed by atoms with Gasteiger partial charge in [-0.15, -0.1) is 10.2 Å². The molecule has 2 heterocycles. The van der Waals surface area contributed by atoms with E-state index in [-0.39, 0.29) is 17.0 Å². The number of nitrogen functional groups attached to an aromatic ring is 1. The maximum Gasteiger partial charge on any atom is 0.235 e. The van der Waals surface area contributed by atoms with Crippen molar-refractivity contribution in [3.05, 3.63) is 41.5 Å². The van der Waals surface area contributed by atoms with E-state index in [4.69, 9.17) is 5.84 Å². The highest BCUT2D eigenvalue weighted by atomic mass is 32.2. The van der Waals surface area contributed by atoms with E-state index < -0.39 is 0 Å². The topological polar surface area (TPSA) is 77.0 Å². The van der Waals surface area contributed by atoms with Crippen molar-refractivity contribution in [3.8, 4) is 0 Å². The maximum absolute atomic E-state index is 13.0. The van der Waals surface area contributed by atoms with Gasteiger partial charge in [0.25, 0.3) is 0 Å². The van der Waals surface area contributed by atoms with E-state index in [1.165, 1.54) is 41.4 Å². The summed E-state index contributed by atoms with van der Waals surface area (Å²) in [5.74, 6) is 6.53. The molecule has 0 bridgehead atoms. The Labute approximate surface area is 156 Å². The minimum atomic E-state index is -0.278. The molecule has 1 saturated heterocycles. The molecule has 1 aliphatic rings. The Morgan fingerprint density at radius 3 is 2.50 bits per heavy atom. The lowest BCUT2D eigenvalue weighted by Crippen LogP contribution is -2.37. The Kier molecular flexibility index (Phi) is 6.13. The summed E-state index contributed by atoms with van der Waals surface area (Å²) in [7, 11) is 0. The molecule has 8 heteroatoms. The van der Waals surface area contributed by atoms with E-state index in [0.717, 1.165) is 31.5 Å². The molecular formula is C18H24FN5OS. The third-order valence-corrected chi connectivity index (χ3v) is 5.60. The zero-order valence-corrected chi connectivity index (χ0v) is 15.7. The standard InChI is InChI=1S/C18H24FN5OS/c1-13(17(25)23-10-4-2-3-5-11-23)26-18-22-21-16(24(18)20)12-14-6-8-15(19)9-7-14/h6-9,13H,2-5,10-12,20H2,1H3/t13-/m1/s1. The van der Waals surface area contributed by atoms with Gasteiger partial charge in [-0.05, 0) is 37.5 Å². The summed E-state index contributed by atoms with van der Waals surface area (Å²) in [6.45, 7) is 3.54. The molecular weight excluding hydrogens is 353 g/mol. The van der Waals surface area contributed by atoms with Crippen molar-refractivity contribution in [2.75, 3.05) is 18.9 Å². The summed E-state index contributed by atoms with van der Waals surface area (Å²) < 4.78 is 14.4. The second kappa shape index (κ2) is 8.53. The number of carbonyl (C=O) groups is 1. The molecule has 0 aliphatic carbocycles. The first-order valence-electron chi connectivity index (χ1n) is 8.94. The van der Waals surface area contributed by atoms with Gasteiger partial charge in [-0.3, -0.25) is 4.79 Å². The average Bonchev–Trinajstić information content (AvgIpc) is 2.84. The van der Waals surface area contributed by atoms with Gasteiger partial charge in [-0.2, -0.15) is 0 Å². The number of halogens is 1. The summed E-state index contributed by atoms with van der Waals surface area (Å²) in [6, 6.07) is 6.21. The van der Waals surface area contributed by atoms with Crippen LogP contribution in [0.5, 0.6) is 0 Å². The van der Waals surface area contributed by atoms with Gasteiger partial charge in [0.05, 0.1) is 5.25 Å². The highest BCUT2D eigenvalue weighted by Crippen LogP contribution is 2.24. The lowest BCUT2D eigenvalue weighted by atomic mass is 10.1. The second-order valence-corrected chi connectivity index (χ2v) is 7.88. The van der Waals surface area contributed by atoms with Gasteiger partial charge in [0.15, 0.2) is 5.82 Å². The van der Waals surface area contributed by atoms with E-state index in [1.807, 2.05) is 11.8 Å². The number of likely N-dealkylation sites (tertiary alicyclic amines) is 1. The second-order valence-electron chi connectivity index (χ2n) is 6.57. The Morgan fingerprint density at radius 1 is 1.19 bits per heavy atom. The number of rotatable bonds is 5. The van der Waals surface area contributed by atoms with Gasteiger partial charge in [0.2, 0.25) is 11.1 Å². The molecule has 1 atom stereocenters. The fourth-order valence-electron chi connectivity index (χ4n) is 3.05. The van der Waals surface area contributed by atoms with Crippen LogP contribution in [0.2, 0.25) is 0 Å². The number of aromatic nitrogens is 3. The number of hydrogen-bond acceptors (Lipinski definition) is 5. The molecule has 140 valence electrons. The molecule has 26 heavy (non-hydrogen) atoms. The van der Waals surface area contributed by atoms with Crippen LogP contribution in [0.4, 0.5) is 4.39 Å². The Morgan fingerprint density at radius 2 is 1.85 bits per heavy atom. The molecule has 0 unspecified atom stereocenters. The zero-order valence-electron chi connectivity index (χ0n) is 14.9. The number of benzene rings is 1. The third-order valence-electron chi connectivity index (χ3n) is 4.56. The van der Waals surface area contributed by atoms with Crippen LogP contribution in [0.25, 0.3) is 0 Å². The quantitative estimate of drug-likeness (QED) is 0.640. The molecule has 2 aromatic rings. The predicted molar refractivity (Wildman–Crippen MR) is 99.7 cm³/mol. The number of nitrogens with two attached hydrogens (primary N) is 1. The van der Waals surface area contributed by atoms with Crippen LogP contribution < -0.4 is 5.84 Å². The van der Waals surface area contributed by atoms with E-state index in [1.54, 1.807) is 12.1 Å². The zero-order chi connectivity index (χ0) is 18.5. The van der Waals surface area contributed by atoms with Crippen LogP contribution >= 0.6 is 11.8 Å². The summed E-state index contributed by atoms with van der Waals surface area (Å²) in [5.41, 5.74) is 0.899. The molecule has 2 N–H and O–H groups in total. The normalized spacial score (nSPS) is 16.3. The van der Waals surface area contributed by atoms with Crippen molar-refractivity contribution in [1.29, 1.82) is 0 Å². The van der Waals surface area contributed by atoms with Crippen LogP contribution in [0.15, 0.2) is 29.4 Å². The summed E-state index contributed by atoms with van der Waals surface area (Å²) in [6.07, 6.45) is 4.97. The number of hydrogen-bond donors (Lipinski definition) is 1. The van der Waals surface area contributed by atoms with Gasteiger partial charge in [0.1, 0.15) is 5.82 Å². The van der Waals surface area contributed by atoms with E-state index in [9.17, 15) is 9.18 Å². The van der Waals surface area contributed by atoms with Crippen molar-refractivity contribution in [1.82, 2.24) is 19.8 Å². The Hall–Kier alpha value is -2.09. The summed E-state index contributed by atoms with van der Waals surface area (Å²) >= 11 is 1.33. The molecule has 0 radical (unpaired) electrons. The first kappa shape index (κ1) is 18.7. The Bertz CT molecular complexity index is 741. The molecule has 0 saturated carbocycles. The number of nitrogens with zero attached hydrogens (tertiary/aromatic N) is 4. The number of carbonyl (C=O) groups excluding carboxylic acids is 1. The van der Waals surface area contributed by atoms with E-state index in [2.05, 4.69) is 10.2 Å². The molecule has 1 fully saturated rings. The first-order chi connectivity index (χ1) is 12.5. The SMILES string of the molecule is C[C@@H](Sc1nnc(Cc2ccc(F)cc2)n1N)C(=O)N1CCCCCC1. The van der Waals surface area contributed by atoms with E-state index >= 15 is 0 Å². The number of thioether (sulfide) groups is 1. The van der Waals surface area contributed by atoms with Crippen molar-refractivity contribution in [3.63, 3.8) is 0 Å². The van der Waals surface area contributed by atoms with Gasteiger partial charge in [-0.1, -0.05) is 36.7 Å². The average molecular weight is 377 g/mol. The van der Waals surface area contributed by atoms with Crippen LogP contribution in [0, 0.1) is 5.82 Å². The van der Waals surface area contributed by atoms with Crippen LogP contribution in [0.3, 0.4) is 0 Å². The maximum atomic E-state index is 13.0. The van der Waals surface area contributed by atoms with Crippen molar-refractivity contribution < 1.29 is 9.18 Å².